The van der Waals surface area contributed by atoms with Crippen LogP contribution in [0.3, 0.4) is 0 Å². The molecule has 0 aromatic rings. The van der Waals surface area contributed by atoms with Crippen molar-refractivity contribution in [2.75, 3.05) is 13.2 Å². The number of carbonyl (C=O) groups excluding carboxylic acids is 2. The van der Waals surface area contributed by atoms with Gasteiger partial charge in [0.1, 0.15) is 0 Å². The first-order valence-corrected chi connectivity index (χ1v) is 36.8. The van der Waals surface area contributed by atoms with E-state index in [0.717, 1.165) is 38.5 Å². The molecule has 0 rings (SSSR count). The van der Waals surface area contributed by atoms with Gasteiger partial charge in [-0.25, -0.2) is 0 Å². The Bertz CT molecular complexity index is 1150. The van der Waals surface area contributed by atoms with E-state index in [-0.39, 0.29) is 18.5 Å². The lowest BCUT2D eigenvalue weighted by atomic mass is 10.0. The smallest absolute Gasteiger partial charge is 0.305 e. The van der Waals surface area contributed by atoms with Crippen molar-refractivity contribution in [1.29, 1.82) is 0 Å². The highest BCUT2D eigenvalue weighted by atomic mass is 16.5. The molecule has 472 valence electrons. The third kappa shape index (κ3) is 65.9. The number of esters is 1. The quantitative estimate of drug-likeness (QED) is 0.0417. The second-order valence-electron chi connectivity index (χ2n) is 25.6. The number of unbranched alkanes of at least 4 members (excludes halogenated alkanes) is 59. The molecule has 0 aromatic heterocycles. The lowest BCUT2D eigenvalue weighted by Crippen LogP contribution is -2.45. The van der Waals surface area contributed by atoms with Crippen LogP contribution in [-0.4, -0.2) is 47.4 Å². The van der Waals surface area contributed by atoms with Gasteiger partial charge >= 0.3 is 5.97 Å². The van der Waals surface area contributed by atoms with Crippen LogP contribution in [0.25, 0.3) is 0 Å². The van der Waals surface area contributed by atoms with E-state index in [4.69, 9.17) is 4.74 Å². The summed E-state index contributed by atoms with van der Waals surface area (Å²) in [6.07, 6.45) is 84.6. The molecule has 1 amide bonds. The molecule has 0 saturated carbocycles. The van der Waals surface area contributed by atoms with Gasteiger partial charge in [0, 0.05) is 12.8 Å². The molecule has 6 nitrogen and oxygen atoms in total. The SMILES string of the molecule is CCCCCCCCCCCCCCCCCCCC(O)C(CO)NC(=O)CCCCCCCCCCCCCCCCCCCCCCCCCCCCCCCCCCOC(=O)CCCCCCCCCCCCCCC. The zero-order valence-corrected chi connectivity index (χ0v) is 54.2. The molecule has 0 heterocycles. The summed E-state index contributed by atoms with van der Waals surface area (Å²) in [5, 5.41) is 23.4. The first kappa shape index (κ1) is 77.9. The minimum Gasteiger partial charge on any atom is -0.466 e. The number of rotatable bonds is 70. The fourth-order valence-corrected chi connectivity index (χ4v) is 12.1. The van der Waals surface area contributed by atoms with E-state index in [0.29, 0.717) is 25.9 Å². The van der Waals surface area contributed by atoms with Gasteiger partial charge in [0.05, 0.1) is 25.4 Å². The number of ether oxygens (including phenoxy) is 1. The number of hydrogen-bond acceptors (Lipinski definition) is 5. The summed E-state index contributed by atoms with van der Waals surface area (Å²) in [4.78, 5) is 24.6. The Morgan fingerprint density at radius 3 is 0.772 bits per heavy atom. The predicted octanol–water partition coefficient (Wildman–Crippen LogP) is 23.8. The molecular formula is C73H145NO5. The van der Waals surface area contributed by atoms with Crippen molar-refractivity contribution in [1.82, 2.24) is 5.32 Å². The molecule has 0 fully saturated rings. The maximum Gasteiger partial charge on any atom is 0.305 e. The van der Waals surface area contributed by atoms with Crippen LogP contribution < -0.4 is 5.32 Å². The highest BCUT2D eigenvalue weighted by molar-refractivity contribution is 5.76. The summed E-state index contributed by atoms with van der Waals surface area (Å²) in [6, 6.07) is -0.537. The highest BCUT2D eigenvalue weighted by Gasteiger charge is 2.20. The first-order valence-electron chi connectivity index (χ1n) is 36.8. The minimum absolute atomic E-state index is 0.0240. The lowest BCUT2D eigenvalue weighted by Gasteiger charge is -2.22. The third-order valence-electron chi connectivity index (χ3n) is 17.7. The molecule has 0 aliphatic heterocycles. The molecular weight excluding hydrogens is 971 g/mol. The maximum atomic E-state index is 12.5. The van der Waals surface area contributed by atoms with Crippen molar-refractivity contribution in [2.24, 2.45) is 0 Å². The van der Waals surface area contributed by atoms with Gasteiger partial charge < -0.3 is 20.3 Å². The normalized spacial score (nSPS) is 12.4. The average molecular weight is 1120 g/mol. The molecule has 2 unspecified atom stereocenters. The van der Waals surface area contributed by atoms with E-state index in [1.54, 1.807) is 0 Å². The average Bonchev–Trinajstić information content (AvgIpc) is 3.45. The van der Waals surface area contributed by atoms with Crippen molar-refractivity contribution >= 4 is 11.9 Å². The van der Waals surface area contributed by atoms with E-state index in [2.05, 4.69) is 19.2 Å². The molecule has 2 atom stereocenters. The summed E-state index contributed by atoms with van der Waals surface area (Å²) in [5.74, 6) is -0.00179. The largest absolute Gasteiger partial charge is 0.466 e. The van der Waals surface area contributed by atoms with Gasteiger partial charge in [0.15, 0.2) is 0 Å². The highest BCUT2D eigenvalue weighted by Crippen LogP contribution is 2.20. The minimum atomic E-state index is -0.660. The summed E-state index contributed by atoms with van der Waals surface area (Å²) >= 11 is 0. The zero-order valence-electron chi connectivity index (χ0n) is 54.2. The van der Waals surface area contributed by atoms with Gasteiger partial charge in [-0.05, 0) is 25.7 Å². The number of carbonyl (C=O) groups is 2. The number of hydrogen-bond donors (Lipinski definition) is 3. The first-order chi connectivity index (χ1) is 39.0. The fourth-order valence-electron chi connectivity index (χ4n) is 12.1. The standard InChI is InChI=1S/C73H145NO5/c1-3-5-7-9-11-13-15-17-18-35-38-42-45-49-53-57-61-65-71(76)70(69-75)74-72(77)66-62-58-54-50-46-43-39-36-33-31-29-27-25-23-21-19-20-22-24-26-28-30-32-34-37-40-44-48-52-56-60-64-68-79-73(78)67-63-59-55-51-47-41-16-14-12-10-8-6-4-2/h70-71,75-76H,3-69H2,1-2H3,(H,74,77). The van der Waals surface area contributed by atoms with E-state index in [1.807, 2.05) is 0 Å². The predicted molar refractivity (Wildman–Crippen MR) is 347 cm³/mol. The van der Waals surface area contributed by atoms with Crippen molar-refractivity contribution in [3.05, 3.63) is 0 Å². The molecule has 0 bridgehead atoms. The topological polar surface area (TPSA) is 95.9 Å². The van der Waals surface area contributed by atoms with E-state index < -0.39 is 12.1 Å². The molecule has 0 aliphatic carbocycles. The number of nitrogens with one attached hydrogen (secondary N) is 1. The van der Waals surface area contributed by atoms with Crippen LogP contribution in [-0.2, 0) is 14.3 Å². The van der Waals surface area contributed by atoms with Crippen LogP contribution in [0.15, 0.2) is 0 Å². The molecule has 0 aliphatic rings. The third-order valence-corrected chi connectivity index (χ3v) is 17.7. The van der Waals surface area contributed by atoms with Crippen LogP contribution in [0, 0.1) is 0 Å². The fraction of sp³-hybridized carbons (Fsp3) is 0.973. The van der Waals surface area contributed by atoms with Gasteiger partial charge in [0.25, 0.3) is 0 Å². The molecule has 0 radical (unpaired) electrons. The van der Waals surface area contributed by atoms with Gasteiger partial charge in [0.2, 0.25) is 5.91 Å². The Hall–Kier alpha value is -1.14. The number of amides is 1. The van der Waals surface area contributed by atoms with Crippen LogP contribution in [0.4, 0.5) is 0 Å². The van der Waals surface area contributed by atoms with E-state index in [9.17, 15) is 19.8 Å². The Kier molecular flexibility index (Phi) is 68.4. The van der Waals surface area contributed by atoms with Crippen LogP contribution in [0.1, 0.15) is 431 Å². The number of aliphatic hydroxyl groups is 2. The Morgan fingerprint density at radius 1 is 0.304 bits per heavy atom. The van der Waals surface area contributed by atoms with Crippen molar-refractivity contribution in [3.63, 3.8) is 0 Å². The Balaban J connectivity index is 3.31. The molecule has 6 heteroatoms. The van der Waals surface area contributed by atoms with Gasteiger partial charge in [-0.1, -0.05) is 393 Å². The molecule has 3 N–H and O–H groups in total. The molecule has 79 heavy (non-hydrogen) atoms. The Morgan fingerprint density at radius 2 is 0.519 bits per heavy atom. The summed E-state index contributed by atoms with van der Waals surface area (Å²) in [7, 11) is 0. The van der Waals surface area contributed by atoms with E-state index >= 15 is 0 Å². The molecule has 0 saturated heterocycles. The molecule has 0 spiro atoms. The zero-order chi connectivity index (χ0) is 57.1. The van der Waals surface area contributed by atoms with Crippen LogP contribution >= 0.6 is 0 Å². The van der Waals surface area contributed by atoms with E-state index in [1.165, 1.54) is 360 Å². The van der Waals surface area contributed by atoms with Crippen molar-refractivity contribution in [3.8, 4) is 0 Å². The van der Waals surface area contributed by atoms with Crippen molar-refractivity contribution in [2.45, 2.75) is 443 Å². The van der Waals surface area contributed by atoms with Crippen LogP contribution in [0.2, 0.25) is 0 Å². The summed E-state index contributed by atoms with van der Waals surface area (Å²) in [5.41, 5.74) is 0. The molecule has 0 aromatic carbocycles. The van der Waals surface area contributed by atoms with Crippen LogP contribution in [0.5, 0.6) is 0 Å². The number of aliphatic hydroxyl groups excluding tert-OH is 2. The van der Waals surface area contributed by atoms with Gasteiger partial charge in [-0.3, -0.25) is 9.59 Å². The summed E-state index contributed by atoms with van der Waals surface area (Å²) in [6.45, 7) is 5.01. The second kappa shape index (κ2) is 69.4. The summed E-state index contributed by atoms with van der Waals surface area (Å²) < 4.78 is 5.49. The second-order valence-corrected chi connectivity index (χ2v) is 25.6. The monoisotopic (exact) mass is 1120 g/mol. The van der Waals surface area contributed by atoms with Crippen molar-refractivity contribution < 1.29 is 24.5 Å². The Labute approximate surface area is 496 Å². The maximum absolute atomic E-state index is 12.5. The van der Waals surface area contributed by atoms with Gasteiger partial charge in [-0.15, -0.1) is 0 Å². The van der Waals surface area contributed by atoms with Gasteiger partial charge in [-0.2, -0.15) is 0 Å². The lowest BCUT2D eigenvalue weighted by molar-refractivity contribution is -0.143.